The zero-order chi connectivity index (χ0) is 14.5. The smallest absolute Gasteiger partial charge is 0.354 e. The molecule has 20 heavy (non-hydrogen) atoms. The minimum absolute atomic E-state index is 0.0150. The molecule has 0 saturated carbocycles. The van der Waals surface area contributed by atoms with Gasteiger partial charge in [0.25, 0.3) is 5.69 Å². The van der Waals surface area contributed by atoms with Crippen molar-refractivity contribution >= 4 is 11.7 Å². The molecule has 0 aliphatic rings. The molecule has 1 N–H and O–H groups in total. The second-order valence-electron chi connectivity index (χ2n) is 3.90. The molecule has 0 unspecified atom stereocenters. The Hall–Kier alpha value is -2.96. The van der Waals surface area contributed by atoms with E-state index >= 15 is 0 Å². The molecule has 0 spiro atoms. The van der Waals surface area contributed by atoms with Crippen LogP contribution >= 0.6 is 0 Å². The first kappa shape index (κ1) is 13.5. The van der Waals surface area contributed by atoms with Gasteiger partial charge in [0.1, 0.15) is 18.1 Å². The Balaban J connectivity index is 1.97. The zero-order valence-electron chi connectivity index (χ0n) is 10.2. The number of aromatic carboxylic acids is 1. The number of benzene rings is 1. The monoisotopic (exact) mass is 274 g/mol. The van der Waals surface area contributed by atoms with Crippen LogP contribution in [0.25, 0.3) is 0 Å². The van der Waals surface area contributed by atoms with E-state index in [1.54, 1.807) is 12.1 Å². The molecular formula is C13H10N2O5. The topological polar surface area (TPSA) is 103 Å². The number of ether oxygens (including phenoxy) is 1. The van der Waals surface area contributed by atoms with Crippen molar-refractivity contribution in [2.24, 2.45) is 0 Å². The molecule has 0 radical (unpaired) electrons. The van der Waals surface area contributed by atoms with Crippen molar-refractivity contribution in [3.8, 4) is 5.75 Å². The lowest BCUT2D eigenvalue weighted by atomic mass is 10.2. The van der Waals surface area contributed by atoms with Crippen molar-refractivity contribution in [1.82, 2.24) is 4.98 Å². The highest BCUT2D eigenvalue weighted by atomic mass is 16.6. The Morgan fingerprint density at radius 2 is 1.95 bits per heavy atom. The largest absolute Gasteiger partial charge is 0.487 e. The molecule has 0 atom stereocenters. The van der Waals surface area contributed by atoms with Gasteiger partial charge in [0.2, 0.25) is 0 Å². The van der Waals surface area contributed by atoms with E-state index in [0.29, 0.717) is 5.75 Å². The number of pyridine rings is 1. The third-order valence-electron chi connectivity index (χ3n) is 2.51. The van der Waals surface area contributed by atoms with Gasteiger partial charge in [-0.05, 0) is 29.8 Å². The Kier molecular flexibility index (Phi) is 3.90. The lowest BCUT2D eigenvalue weighted by Crippen LogP contribution is -2.01. The molecule has 102 valence electrons. The number of aromatic nitrogens is 1. The van der Waals surface area contributed by atoms with Gasteiger partial charge in [-0.15, -0.1) is 0 Å². The molecule has 7 nitrogen and oxygen atoms in total. The van der Waals surface area contributed by atoms with Crippen LogP contribution in [0.5, 0.6) is 5.75 Å². The van der Waals surface area contributed by atoms with Crippen molar-refractivity contribution in [1.29, 1.82) is 0 Å². The molecule has 0 fully saturated rings. The van der Waals surface area contributed by atoms with Crippen LogP contribution in [0.1, 0.15) is 16.1 Å². The van der Waals surface area contributed by atoms with E-state index in [4.69, 9.17) is 9.84 Å². The molecule has 2 aromatic rings. The third kappa shape index (κ3) is 3.29. The molecule has 1 aromatic heterocycles. The van der Waals surface area contributed by atoms with Crippen LogP contribution in [0.4, 0.5) is 5.69 Å². The predicted octanol–water partition coefficient (Wildman–Crippen LogP) is 2.27. The fourth-order valence-electron chi connectivity index (χ4n) is 1.47. The van der Waals surface area contributed by atoms with E-state index in [0.717, 1.165) is 5.56 Å². The molecule has 1 heterocycles. The number of nitro groups is 1. The summed E-state index contributed by atoms with van der Waals surface area (Å²) in [4.78, 5) is 24.4. The SMILES string of the molecule is O=C(O)c1ccc(OCc2ccc([N+](=O)[O-])cc2)cn1. The summed E-state index contributed by atoms with van der Waals surface area (Å²) in [7, 11) is 0. The highest BCUT2D eigenvalue weighted by Gasteiger charge is 2.06. The van der Waals surface area contributed by atoms with Crippen LogP contribution in [-0.4, -0.2) is 21.0 Å². The van der Waals surface area contributed by atoms with Gasteiger partial charge in [-0.25, -0.2) is 9.78 Å². The van der Waals surface area contributed by atoms with Gasteiger partial charge in [0, 0.05) is 12.1 Å². The second kappa shape index (κ2) is 5.79. The Bertz CT molecular complexity index is 565. The van der Waals surface area contributed by atoms with Gasteiger partial charge >= 0.3 is 5.97 Å². The lowest BCUT2D eigenvalue weighted by molar-refractivity contribution is -0.384. The number of carboxylic acids is 1. The number of nitrogens with zero attached hydrogens (tertiary/aromatic N) is 2. The zero-order valence-corrected chi connectivity index (χ0v) is 10.2. The summed E-state index contributed by atoms with van der Waals surface area (Å²) in [6.45, 7) is 0.214. The summed E-state index contributed by atoms with van der Waals surface area (Å²) < 4.78 is 5.40. The van der Waals surface area contributed by atoms with Gasteiger partial charge in [0.05, 0.1) is 11.1 Å². The Morgan fingerprint density at radius 3 is 2.45 bits per heavy atom. The van der Waals surface area contributed by atoms with E-state index in [9.17, 15) is 14.9 Å². The average molecular weight is 274 g/mol. The van der Waals surface area contributed by atoms with Crippen LogP contribution in [0, 0.1) is 10.1 Å². The summed E-state index contributed by atoms with van der Waals surface area (Å²) in [6.07, 6.45) is 1.31. The van der Waals surface area contributed by atoms with E-state index < -0.39 is 10.9 Å². The summed E-state index contributed by atoms with van der Waals surface area (Å²) in [5.41, 5.74) is 0.715. The molecule has 7 heteroatoms. The summed E-state index contributed by atoms with van der Waals surface area (Å²) in [6, 6.07) is 8.82. The van der Waals surface area contributed by atoms with Crippen molar-refractivity contribution in [3.05, 3.63) is 64.0 Å². The summed E-state index contributed by atoms with van der Waals surface area (Å²) in [5.74, 6) is -0.680. The van der Waals surface area contributed by atoms with Crippen molar-refractivity contribution in [2.45, 2.75) is 6.61 Å². The number of hydrogen-bond acceptors (Lipinski definition) is 5. The van der Waals surface area contributed by atoms with Gasteiger partial charge in [0.15, 0.2) is 0 Å². The lowest BCUT2D eigenvalue weighted by Gasteiger charge is -2.05. The first-order chi connectivity index (χ1) is 9.56. The molecular weight excluding hydrogens is 264 g/mol. The van der Waals surface area contributed by atoms with E-state index in [-0.39, 0.29) is 18.0 Å². The van der Waals surface area contributed by atoms with Crippen LogP contribution in [0.15, 0.2) is 42.6 Å². The van der Waals surface area contributed by atoms with Crippen LogP contribution < -0.4 is 4.74 Å². The van der Waals surface area contributed by atoms with E-state index in [1.165, 1.54) is 30.5 Å². The summed E-state index contributed by atoms with van der Waals surface area (Å²) in [5, 5.41) is 19.2. The minimum Gasteiger partial charge on any atom is -0.487 e. The molecule has 0 amide bonds. The van der Waals surface area contributed by atoms with Gasteiger partial charge in [-0.1, -0.05) is 0 Å². The van der Waals surface area contributed by atoms with Crippen molar-refractivity contribution in [2.75, 3.05) is 0 Å². The first-order valence-electron chi connectivity index (χ1n) is 5.62. The molecule has 2 rings (SSSR count). The van der Waals surface area contributed by atoms with Crippen molar-refractivity contribution < 1.29 is 19.6 Å². The molecule has 0 bridgehead atoms. The predicted molar refractivity (Wildman–Crippen MR) is 68.6 cm³/mol. The first-order valence-corrected chi connectivity index (χ1v) is 5.62. The number of carboxylic acid groups (broad SMARTS) is 1. The molecule has 0 saturated heterocycles. The second-order valence-corrected chi connectivity index (χ2v) is 3.90. The maximum atomic E-state index is 10.6. The van der Waals surface area contributed by atoms with Gasteiger partial charge in [-0.3, -0.25) is 10.1 Å². The third-order valence-corrected chi connectivity index (χ3v) is 2.51. The average Bonchev–Trinajstić information content (AvgIpc) is 2.46. The van der Waals surface area contributed by atoms with Gasteiger partial charge in [-0.2, -0.15) is 0 Å². The number of carbonyl (C=O) groups is 1. The molecule has 1 aromatic carbocycles. The quantitative estimate of drug-likeness (QED) is 0.662. The minimum atomic E-state index is -1.10. The van der Waals surface area contributed by atoms with Gasteiger partial charge < -0.3 is 9.84 Å². The standard InChI is InChI=1S/C13H10N2O5/c16-13(17)12-6-5-11(7-14-12)20-8-9-1-3-10(4-2-9)15(18)19/h1-7H,8H2,(H,16,17). The molecule has 0 aliphatic carbocycles. The van der Waals surface area contributed by atoms with Crippen molar-refractivity contribution in [3.63, 3.8) is 0 Å². The Labute approximate surface area is 113 Å². The fourth-order valence-corrected chi connectivity index (χ4v) is 1.47. The number of rotatable bonds is 5. The highest BCUT2D eigenvalue weighted by molar-refractivity contribution is 5.85. The fraction of sp³-hybridized carbons (Fsp3) is 0.0769. The Morgan fingerprint density at radius 1 is 1.25 bits per heavy atom. The van der Waals surface area contributed by atoms with Crippen LogP contribution in [0.2, 0.25) is 0 Å². The van der Waals surface area contributed by atoms with Crippen LogP contribution in [0.3, 0.4) is 0 Å². The van der Waals surface area contributed by atoms with E-state index in [1.807, 2.05) is 0 Å². The number of nitro benzene ring substituents is 1. The number of non-ortho nitro benzene ring substituents is 1. The molecule has 0 aliphatic heterocycles. The maximum absolute atomic E-state index is 10.6. The normalized spacial score (nSPS) is 10.0. The van der Waals surface area contributed by atoms with E-state index in [2.05, 4.69) is 4.98 Å². The summed E-state index contributed by atoms with van der Waals surface area (Å²) >= 11 is 0. The number of hydrogen-bond donors (Lipinski definition) is 1. The van der Waals surface area contributed by atoms with Crippen LogP contribution in [-0.2, 0) is 6.61 Å². The highest BCUT2D eigenvalue weighted by Crippen LogP contribution is 2.15. The maximum Gasteiger partial charge on any atom is 0.354 e.